The summed E-state index contributed by atoms with van der Waals surface area (Å²) in [7, 11) is 0. The molecule has 1 fully saturated rings. The molecule has 0 N–H and O–H groups in total. The van der Waals surface area contributed by atoms with Crippen LogP contribution in [0, 0.1) is 5.92 Å². The Balaban J connectivity index is 3.22. The molecule has 0 nitrogen and oxygen atoms in total. The van der Waals surface area contributed by atoms with Crippen molar-refractivity contribution >= 4 is 0 Å². The second-order valence-corrected chi connectivity index (χ2v) is 3.24. The highest BCUT2D eigenvalue weighted by molar-refractivity contribution is 5.12. The van der Waals surface area contributed by atoms with Crippen molar-refractivity contribution in [1.29, 1.82) is 0 Å². The molecule has 0 amide bonds. The Hall–Kier alpha value is -0.490. The quantitative estimate of drug-likeness (QED) is 0.599. The van der Waals surface area contributed by atoms with Crippen molar-refractivity contribution in [3.05, 3.63) is 0 Å². The van der Waals surface area contributed by atoms with Gasteiger partial charge in [-0.05, 0) is 6.42 Å². The fourth-order valence-corrected chi connectivity index (χ4v) is 1.59. The third-order valence-electron chi connectivity index (χ3n) is 2.41. The number of hydrogen-bond donors (Lipinski definition) is 0. The van der Waals surface area contributed by atoms with E-state index < -0.39 is 36.3 Å². The van der Waals surface area contributed by atoms with Crippen molar-refractivity contribution in [2.24, 2.45) is 5.92 Å². The van der Waals surface area contributed by atoms with E-state index >= 15 is 0 Å². The van der Waals surface area contributed by atoms with Crippen molar-refractivity contribution in [2.75, 3.05) is 0 Å². The Labute approximate surface area is 75.1 Å². The zero-order valence-corrected chi connectivity index (χ0v) is 7.01. The molecule has 2 atom stereocenters. The van der Waals surface area contributed by atoms with Crippen molar-refractivity contribution in [2.45, 2.75) is 37.3 Å². The van der Waals surface area contributed by atoms with Crippen molar-refractivity contribution in [3.63, 3.8) is 0 Å². The summed E-state index contributed by atoms with van der Waals surface area (Å²) < 4.78 is 88.0. The van der Waals surface area contributed by atoms with Crippen LogP contribution in [0.3, 0.4) is 0 Å². The normalized spacial score (nSPS) is 38.6. The molecule has 1 aliphatic carbocycles. The molecule has 0 heterocycles. The first kappa shape index (κ1) is 11.6. The molecule has 84 valence electrons. The maximum atomic E-state index is 12.7. The predicted molar refractivity (Wildman–Crippen MR) is 33.5 cm³/mol. The van der Waals surface area contributed by atoms with Crippen molar-refractivity contribution in [3.8, 4) is 0 Å². The van der Waals surface area contributed by atoms with E-state index in [1.54, 1.807) is 0 Å². The summed E-state index contributed by atoms with van der Waals surface area (Å²) in [5.41, 5.74) is 0. The SMILES string of the molecule is CCC1C(F)(F)C(F)C(F)(F)C1(F)F. The van der Waals surface area contributed by atoms with E-state index in [1.807, 2.05) is 0 Å². The summed E-state index contributed by atoms with van der Waals surface area (Å²) in [6.07, 6.45) is -5.02. The molecular weight excluding hydrogens is 217 g/mol. The second kappa shape index (κ2) is 2.76. The van der Waals surface area contributed by atoms with Gasteiger partial charge in [0, 0.05) is 0 Å². The van der Waals surface area contributed by atoms with Crippen LogP contribution < -0.4 is 0 Å². The lowest BCUT2D eigenvalue weighted by Crippen LogP contribution is -2.43. The van der Waals surface area contributed by atoms with E-state index in [9.17, 15) is 30.7 Å². The highest BCUT2D eigenvalue weighted by atomic mass is 19.3. The van der Waals surface area contributed by atoms with Gasteiger partial charge in [0.1, 0.15) is 0 Å². The topological polar surface area (TPSA) is 0 Å². The van der Waals surface area contributed by atoms with Crippen LogP contribution in [0.4, 0.5) is 30.7 Å². The van der Waals surface area contributed by atoms with Crippen LogP contribution in [-0.4, -0.2) is 23.9 Å². The maximum Gasteiger partial charge on any atom is 0.347 e. The molecule has 0 bridgehead atoms. The summed E-state index contributed by atoms with van der Waals surface area (Å²) in [6, 6.07) is 0. The number of alkyl halides is 7. The monoisotopic (exact) mass is 224 g/mol. The molecule has 0 aromatic heterocycles. The third-order valence-corrected chi connectivity index (χ3v) is 2.41. The van der Waals surface area contributed by atoms with Crippen LogP contribution in [0.5, 0.6) is 0 Å². The van der Waals surface area contributed by atoms with Crippen LogP contribution in [0.1, 0.15) is 13.3 Å². The Morgan fingerprint density at radius 2 is 1.36 bits per heavy atom. The first-order chi connectivity index (χ1) is 6.10. The first-order valence-corrected chi connectivity index (χ1v) is 3.87. The molecule has 1 saturated carbocycles. The summed E-state index contributed by atoms with van der Waals surface area (Å²) in [5, 5.41) is 0. The predicted octanol–water partition coefficient (Wildman–Crippen LogP) is 3.27. The van der Waals surface area contributed by atoms with Crippen molar-refractivity contribution < 1.29 is 30.7 Å². The van der Waals surface area contributed by atoms with Crippen molar-refractivity contribution in [1.82, 2.24) is 0 Å². The molecule has 14 heavy (non-hydrogen) atoms. The molecule has 2 unspecified atom stereocenters. The largest absolute Gasteiger partial charge is 0.347 e. The highest BCUT2D eigenvalue weighted by Gasteiger charge is 2.83. The molecule has 7 heteroatoms. The standard InChI is InChI=1S/C7H7F7/c1-2-3-5(9,10)4(8)7(13,14)6(3,11)12/h3-4H,2H2,1H3. The molecule has 0 aliphatic heterocycles. The van der Waals surface area contributed by atoms with Gasteiger partial charge < -0.3 is 0 Å². The fourth-order valence-electron chi connectivity index (χ4n) is 1.59. The van der Waals surface area contributed by atoms with Gasteiger partial charge in [0.2, 0.25) is 6.17 Å². The Morgan fingerprint density at radius 1 is 0.929 bits per heavy atom. The smallest absolute Gasteiger partial charge is 0.234 e. The average molecular weight is 224 g/mol. The molecule has 0 saturated heterocycles. The highest BCUT2D eigenvalue weighted by Crippen LogP contribution is 2.60. The van der Waals surface area contributed by atoms with E-state index in [2.05, 4.69) is 0 Å². The number of halogens is 7. The van der Waals surface area contributed by atoms with Gasteiger partial charge in [-0.2, -0.15) is 17.6 Å². The average Bonchev–Trinajstić information content (AvgIpc) is 2.09. The van der Waals surface area contributed by atoms with Crippen LogP contribution in [0.15, 0.2) is 0 Å². The van der Waals surface area contributed by atoms with E-state index in [0.717, 1.165) is 6.92 Å². The van der Waals surface area contributed by atoms with Gasteiger partial charge in [-0.15, -0.1) is 0 Å². The fraction of sp³-hybridized carbons (Fsp3) is 1.00. The van der Waals surface area contributed by atoms with Gasteiger partial charge in [0.25, 0.3) is 5.92 Å². The van der Waals surface area contributed by atoms with Crippen LogP contribution >= 0.6 is 0 Å². The molecule has 1 rings (SSSR count). The zero-order valence-electron chi connectivity index (χ0n) is 7.01. The molecule has 1 aliphatic rings. The molecule has 0 radical (unpaired) electrons. The second-order valence-electron chi connectivity index (χ2n) is 3.24. The Morgan fingerprint density at radius 3 is 1.50 bits per heavy atom. The van der Waals surface area contributed by atoms with Gasteiger partial charge in [-0.3, -0.25) is 0 Å². The molecular formula is C7H7F7. The van der Waals surface area contributed by atoms with E-state index in [0.29, 0.717) is 0 Å². The molecule has 0 aromatic carbocycles. The third kappa shape index (κ3) is 1.07. The molecule has 0 aromatic rings. The summed E-state index contributed by atoms with van der Waals surface area (Å²) in [4.78, 5) is 0. The lowest BCUT2D eigenvalue weighted by molar-refractivity contribution is -0.222. The van der Waals surface area contributed by atoms with Gasteiger partial charge in [-0.1, -0.05) is 6.92 Å². The summed E-state index contributed by atoms with van der Waals surface area (Å²) >= 11 is 0. The minimum absolute atomic E-state index is 0.889. The van der Waals surface area contributed by atoms with Crippen LogP contribution in [0.2, 0.25) is 0 Å². The minimum Gasteiger partial charge on any atom is -0.234 e. The van der Waals surface area contributed by atoms with Gasteiger partial charge in [-0.25, -0.2) is 13.2 Å². The molecule has 0 spiro atoms. The number of hydrogen-bond acceptors (Lipinski definition) is 0. The summed E-state index contributed by atoms with van der Waals surface area (Å²) in [6.45, 7) is 0.889. The van der Waals surface area contributed by atoms with E-state index in [1.165, 1.54) is 0 Å². The van der Waals surface area contributed by atoms with Gasteiger partial charge in [0.05, 0.1) is 5.92 Å². The first-order valence-electron chi connectivity index (χ1n) is 3.87. The number of rotatable bonds is 1. The van der Waals surface area contributed by atoms with E-state index in [-0.39, 0.29) is 0 Å². The van der Waals surface area contributed by atoms with Crippen LogP contribution in [-0.2, 0) is 0 Å². The Kier molecular flexibility index (Phi) is 2.28. The lowest BCUT2D eigenvalue weighted by atomic mass is 9.98. The maximum absolute atomic E-state index is 12.7. The van der Waals surface area contributed by atoms with E-state index in [4.69, 9.17) is 0 Å². The van der Waals surface area contributed by atoms with Gasteiger partial charge >= 0.3 is 11.8 Å². The van der Waals surface area contributed by atoms with Gasteiger partial charge in [0.15, 0.2) is 0 Å². The zero-order chi connectivity index (χ0) is 11.4. The summed E-state index contributed by atoms with van der Waals surface area (Å²) in [5.74, 6) is -17.9. The lowest BCUT2D eigenvalue weighted by Gasteiger charge is -2.22. The minimum atomic E-state index is -5.29. The van der Waals surface area contributed by atoms with Crippen LogP contribution in [0.25, 0.3) is 0 Å². The Bertz CT molecular complexity index is 234.